The van der Waals surface area contributed by atoms with Crippen molar-refractivity contribution in [1.29, 1.82) is 0 Å². The fourth-order valence-corrected chi connectivity index (χ4v) is 6.21. The number of halogens is 2. The van der Waals surface area contributed by atoms with E-state index in [1.807, 2.05) is 18.2 Å². The third-order valence-corrected chi connectivity index (χ3v) is 8.39. The number of benzene rings is 3. The number of fused-ring (bicyclic) bond motifs is 2. The van der Waals surface area contributed by atoms with E-state index in [1.165, 1.54) is 27.1 Å². The maximum Gasteiger partial charge on any atom is 0.124 e. The molecule has 2 heterocycles. The highest BCUT2D eigenvalue weighted by atomic mass is 32.2. The Kier molecular flexibility index (Phi) is 7.05. The van der Waals surface area contributed by atoms with E-state index in [2.05, 4.69) is 41.8 Å². The minimum atomic E-state index is -0.177. The Hall–Kier alpha value is -2.21. The lowest BCUT2D eigenvalue weighted by Crippen LogP contribution is -2.48. The highest BCUT2D eigenvalue weighted by Crippen LogP contribution is 2.44. The highest BCUT2D eigenvalue weighted by Gasteiger charge is 2.30. The fraction of sp³-hybridized carbons (Fsp3) is 0.379. The molecule has 1 saturated heterocycles. The molecule has 2 aliphatic rings. The first kappa shape index (κ1) is 23.5. The van der Waals surface area contributed by atoms with Crippen LogP contribution in [0.5, 0.6) is 0 Å². The second-order valence-corrected chi connectivity index (χ2v) is 10.9. The van der Waals surface area contributed by atoms with Crippen LogP contribution in [0.25, 0.3) is 0 Å². The van der Waals surface area contributed by atoms with Gasteiger partial charge in [-0.2, -0.15) is 0 Å². The number of hydrogen-bond acceptors (Lipinski definition) is 3. The fourth-order valence-electron chi connectivity index (χ4n) is 5.07. The largest absolute Gasteiger partial charge is 0.300 e. The lowest BCUT2D eigenvalue weighted by molar-refractivity contribution is 0.0950. The molecule has 5 rings (SSSR count). The minimum Gasteiger partial charge on any atom is -0.300 e. The highest BCUT2D eigenvalue weighted by molar-refractivity contribution is 7.99. The Morgan fingerprint density at radius 3 is 2.32 bits per heavy atom. The average Bonchev–Trinajstić information content (AvgIpc) is 3.00. The summed E-state index contributed by atoms with van der Waals surface area (Å²) >= 11 is 1.71. The van der Waals surface area contributed by atoms with Gasteiger partial charge in [0.1, 0.15) is 11.6 Å². The summed E-state index contributed by atoms with van der Waals surface area (Å²) in [4.78, 5) is 7.42. The van der Waals surface area contributed by atoms with E-state index in [0.29, 0.717) is 12.0 Å². The molecule has 178 valence electrons. The number of nitrogens with zero attached hydrogens (tertiary/aromatic N) is 2. The summed E-state index contributed by atoms with van der Waals surface area (Å²) < 4.78 is 27.2. The molecule has 2 aliphatic heterocycles. The van der Waals surface area contributed by atoms with Gasteiger partial charge in [-0.05, 0) is 71.3 Å². The van der Waals surface area contributed by atoms with Gasteiger partial charge >= 0.3 is 0 Å². The van der Waals surface area contributed by atoms with Crippen molar-refractivity contribution in [1.82, 2.24) is 9.80 Å². The van der Waals surface area contributed by atoms with Gasteiger partial charge in [-0.25, -0.2) is 8.78 Å². The van der Waals surface area contributed by atoms with Crippen LogP contribution in [0.4, 0.5) is 8.78 Å². The molecule has 0 saturated carbocycles. The van der Waals surface area contributed by atoms with Gasteiger partial charge in [0.25, 0.3) is 0 Å². The van der Waals surface area contributed by atoms with Crippen LogP contribution in [0.1, 0.15) is 48.1 Å². The molecule has 1 unspecified atom stereocenters. The van der Waals surface area contributed by atoms with E-state index in [4.69, 9.17) is 0 Å². The summed E-state index contributed by atoms with van der Waals surface area (Å²) in [7, 11) is 0. The van der Waals surface area contributed by atoms with E-state index < -0.39 is 0 Å². The number of piperazine rings is 1. The van der Waals surface area contributed by atoms with Crippen molar-refractivity contribution in [3.8, 4) is 0 Å². The van der Waals surface area contributed by atoms with E-state index in [9.17, 15) is 8.78 Å². The Morgan fingerprint density at radius 1 is 0.853 bits per heavy atom. The maximum atomic E-state index is 14.0. The third-order valence-electron chi connectivity index (χ3n) is 7.20. The lowest BCUT2D eigenvalue weighted by atomic mass is 9.93. The summed E-state index contributed by atoms with van der Waals surface area (Å²) in [5, 5.41) is 0. The third kappa shape index (κ3) is 5.22. The van der Waals surface area contributed by atoms with Crippen molar-refractivity contribution in [3.63, 3.8) is 0 Å². The summed E-state index contributed by atoms with van der Waals surface area (Å²) in [5.41, 5.74) is 5.16. The minimum absolute atomic E-state index is 0.167. The van der Waals surface area contributed by atoms with Gasteiger partial charge in [0, 0.05) is 48.6 Å². The van der Waals surface area contributed by atoms with Gasteiger partial charge in [-0.15, -0.1) is 0 Å². The molecule has 0 amide bonds. The molecule has 3 aromatic rings. The van der Waals surface area contributed by atoms with Crippen LogP contribution in [0.2, 0.25) is 0 Å². The Morgan fingerprint density at radius 2 is 1.59 bits per heavy atom. The Bertz CT molecular complexity index is 1140. The van der Waals surface area contributed by atoms with Gasteiger partial charge in [0.15, 0.2) is 0 Å². The van der Waals surface area contributed by atoms with Crippen LogP contribution >= 0.6 is 11.8 Å². The molecular formula is C29H32F2N2S. The predicted molar refractivity (Wildman–Crippen MR) is 136 cm³/mol. The topological polar surface area (TPSA) is 6.48 Å². The van der Waals surface area contributed by atoms with E-state index in [-0.39, 0.29) is 11.6 Å². The molecule has 34 heavy (non-hydrogen) atoms. The van der Waals surface area contributed by atoms with Crippen LogP contribution in [0.3, 0.4) is 0 Å². The monoisotopic (exact) mass is 478 g/mol. The zero-order valence-electron chi connectivity index (χ0n) is 19.9. The average molecular weight is 479 g/mol. The molecule has 0 aliphatic carbocycles. The molecule has 1 fully saturated rings. The standard InChI is InChI=1S/C29H32F2N2S/c1-20(2)22-6-10-28-26(17-22)27(18-23-5-9-25(31)19-29(23)34-28)33-15-13-32(14-16-33)12-11-21-3-7-24(30)8-4-21/h3-10,17,19-20,27H,11-16,18H2,1-2H3. The summed E-state index contributed by atoms with van der Waals surface area (Å²) in [6.45, 7) is 9.56. The predicted octanol–water partition coefficient (Wildman–Crippen LogP) is 6.70. The zero-order chi connectivity index (χ0) is 23.7. The molecule has 5 heteroatoms. The SMILES string of the molecule is CC(C)c1ccc2c(c1)C(N1CCN(CCc3ccc(F)cc3)CC1)Cc1ccc(F)cc1S2. The zero-order valence-corrected chi connectivity index (χ0v) is 20.8. The molecule has 1 atom stereocenters. The molecule has 0 aromatic heterocycles. The molecule has 2 nitrogen and oxygen atoms in total. The molecular weight excluding hydrogens is 446 g/mol. The van der Waals surface area contributed by atoms with Crippen molar-refractivity contribution in [2.75, 3.05) is 32.7 Å². The Labute approximate surface area is 206 Å². The van der Waals surface area contributed by atoms with Gasteiger partial charge < -0.3 is 4.90 Å². The van der Waals surface area contributed by atoms with Crippen molar-refractivity contribution in [2.45, 2.75) is 48.4 Å². The second-order valence-electron chi connectivity index (χ2n) is 9.78. The molecule has 0 radical (unpaired) electrons. The summed E-state index contributed by atoms with van der Waals surface area (Å²) in [6, 6.07) is 19.3. The first-order valence-electron chi connectivity index (χ1n) is 12.3. The van der Waals surface area contributed by atoms with Crippen molar-refractivity contribution >= 4 is 11.8 Å². The first-order valence-corrected chi connectivity index (χ1v) is 13.1. The van der Waals surface area contributed by atoms with Crippen LogP contribution < -0.4 is 0 Å². The van der Waals surface area contributed by atoms with Crippen molar-refractivity contribution in [3.05, 3.63) is 94.6 Å². The lowest BCUT2D eigenvalue weighted by Gasteiger charge is -2.40. The number of rotatable bonds is 5. The van der Waals surface area contributed by atoms with Gasteiger partial charge in [-0.1, -0.05) is 55.9 Å². The Balaban J connectivity index is 1.33. The van der Waals surface area contributed by atoms with Gasteiger partial charge in [0.05, 0.1) is 0 Å². The molecule has 0 spiro atoms. The van der Waals surface area contributed by atoms with Crippen LogP contribution in [0, 0.1) is 11.6 Å². The quantitative estimate of drug-likeness (QED) is 0.403. The van der Waals surface area contributed by atoms with Crippen LogP contribution in [0.15, 0.2) is 70.5 Å². The van der Waals surface area contributed by atoms with Crippen LogP contribution in [-0.4, -0.2) is 42.5 Å². The summed E-state index contributed by atoms with van der Waals surface area (Å²) in [6.07, 6.45) is 1.85. The normalized spacial score (nSPS) is 19.0. The second kappa shape index (κ2) is 10.2. The smallest absolute Gasteiger partial charge is 0.124 e. The van der Waals surface area contributed by atoms with Gasteiger partial charge in [0.2, 0.25) is 0 Å². The van der Waals surface area contributed by atoms with E-state index in [0.717, 1.165) is 50.5 Å². The first-order chi connectivity index (χ1) is 16.5. The molecule has 3 aromatic carbocycles. The summed E-state index contributed by atoms with van der Waals surface area (Å²) in [5.74, 6) is 0.131. The van der Waals surface area contributed by atoms with Crippen molar-refractivity contribution < 1.29 is 8.78 Å². The van der Waals surface area contributed by atoms with E-state index in [1.54, 1.807) is 36.0 Å². The van der Waals surface area contributed by atoms with Crippen LogP contribution in [-0.2, 0) is 12.8 Å². The molecule has 0 N–H and O–H groups in total. The maximum absolute atomic E-state index is 14.0. The van der Waals surface area contributed by atoms with E-state index >= 15 is 0 Å². The molecule has 0 bridgehead atoms. The van der Waals surface area contributed by atoms with Crippen molar-refractivity contribution in [2.24, 2.45) is 0 Å². The van der Waals surface area contributed by atoms with Gasteiger partial charge in [-0.3, -0.25) is 4.90 Å². The number of hydrogen-bond donors (Lipinski definition) is 0.